The van der Waals surface area contributed by atoms with Crippen molar-refractivity contribution in [3.8, 4) is 0 Å². The van der Waals surface area contributed by atoms with E-state index in [0.717, 1.165) is 0 Å². The first-order valence-electron chi connectivity index (χ1n) is 5.69. The van der Waals surface area contributed by atoms with Gasteiger partial charge in [-0.25, -0.2) is 0 Å². The zero-order valence-electron chi connectivity index (χ0n) is 10.5. The molecule has 0 saturated carbocycles. The van der Waals surface area contributed by atoms with Crippen LogP contribution in [0.3, 0.4) is 0 Å². The molecule has 0 aliphatic heterocycles. The van der Waals surface area contributed by atoms with Gasteiger partial charge in [-0.05, 0) is 6.92 Å². The Morgan fingerprint density at radius 2 is 1.39 bits per heavy atom. The van der Waals surface area contributed by atoms with Crippen LogP contribution in [0.25, 0.3) is 0 Å². The molecule has 0 spiro atoms. The lowest BCUT2D eigenvalue weighted by atomic mass is 10.3. The maximum atomic E-state index is 10.6. The Kier molecular flexibility index (Phi) is 10.4. The SMILES string of the molecule is CC(=O)CCOCCOCCOCCP(=O)(O)O. The summed E-state index contributed by atoms with van der Waals surface area (Å²) >= 11 is 0. The van der Waals surface area contributed by atoms with E-state index in [4.69, 9.17) is 24.0 Å². The van der Waals surface area contributed by atoms with Crippen molar-refractivity contribution in [2.45, 2.75) is 13.3 Å². The maximum absolute atomic E-state index is 10.6. The number of carbonyl (C=O) groups excluding carboxylic acids is 1. The first-order chi connectivity index (χ1) is 8.42. The van der Waals surface area contributed by atoms with E-state index >= 15 is 0 Å². The Morgan fingerprint density at radius 1 is 0.944 bits per heavy atom. The van der Waals surface area contributed by atoms with Gasteiger partial charge in [-0.3, -0.25) is 9.36 Å². The Bertz CT molecular complexity index is 263. The summed E-state index contributed by atoms with van der Waals surface area (Å²) in [5.74, 6) is 0.0920. The van der Waals surface area contributed by atoms with Crippen molar-refractivity contribution in [1.82, 2.24) is 0 Å². The van der Waals surface area contributed by atoms with E-state index in [-0.39, 0.29) is 25.2 Å². The normalized spacial score (nSPS) is 11.7. The Morgan fingerprint density at radius 3 is 1.83 bits per heavy atom. The van der Waals surface area contributed by atoms with Crippen molar-refractivity contribution in [3.63, 3.8) is 0 Å². The standard InChI is InChI=1S/C10H21O7P/c1-10(11)2-3-15-4-5-16-6-7-17-8-9-18(12,13)14/h2-9H2,1H3,(H2,12,13,14). The van der Waals surface area contributed by atoms with Crippen molar-refractivity contribution in [1.29, 1.82) is 0 Å². The molecular formula is C10H21O7P. The monoisotopic (exact) mass is 284 g/mol. The van der Waals surface area contributed by atoms with Gasteiger partial charge in [0.1, 0.15) is 5.78 Å². The minimum absolute atomic E-state index is 0.0166. The van der Waals surface area contributed by atoms with E-state index in [1.807, 2.05) is 0 Å². The third-order valence-corrected chi connectivity index (χ3v) is 2.63. The Hall–Kier alpha value is -0.300. The predicted molar refractivity (Wildman–Crippen MR) is 64.7 cm³/mol. The van der Waals surface area contributed by atoms with Crippen molar-refractivity contribution in [2.24, 2.45) is 0 Å². The third kappa shape index (κ3) is 15.7. The molecule has 0 rings (SSSR count). The van der Waals surface area contributed by atoms with Gasteiger partial charge in [0, 0.05) is 6.42 Å². The van der Waals surface area contributed by atoms with E-state index in [9.17, 15) is 9.36 Å². The van der Waals surface area contributed by atoms with Crippen LogP contribution >= 0.6 is 7.60 Å². The van der Waals surface area contributed by atoms with E-state index in [2.05, 4.69) is 0 Å². The molecule has 0 saturated heterocycles. The molecule has 0 fully saturated rings. The highest BCUT2D eigenvalue weighted by molar-refractivity contribution is 7.51. The lowest BCUT2D eigenvalue weighted by Gasteiger charge is -2.07. The average molecular weight is 284 g/mol. The van der Waals surface area contributed by atoms with Gasteiger partial charge >= 0.3 is 7.60 Å². The van der Waals surface area contributed by atoms with Gasteiger partial charge in [0.25, 0.3) is 0 Å². The second-order valence-corrected chi connectivity index (χ2v) is 5.45. The quantitative estimate of drug-likeness (QED) is 0.389. The van der Waals surface area contributed by atoms with Gasteiger partial charge in [0.2, 0.25) is 0 Å². The van der Waals surface area contributed by atoms with E-state index < -0.39 is 7.60 Å². The van der Waals surface area contributed by atoms with Gasteiger partial charge in [-0.2, -0.15) is 0 Å². The number of hydrogen-bond donors (Lipinski definition) is 2. The number of ether oxygens (including phenoxy) is 3. The maximum Gasteiger partial charge on any atom is 0.327 e. The van der Waals surface area contributed by atoms with E-state index in [1.54, 1.807) is 0 Å². The molecule has 108 valence electrons. The summed E-state index contributed by atoms with van der Waals surface area (Å²) in [6, 6.07) is 0. The first kappa shape index (κ1) is 17.7. The van der Waals surface area contributed by atoms with Crippen LogP contribution in [0.5, 0.6) is 0 Å². The average Bonchev–Trinajstić information content (AvgIpc) is 2.24. The molecule has 0 amide bonds. The van der Waals surface area contributed by atoms with Crippen LogP contribution in [0.1, 0.15) is 13.3 Å². The van der Waals surface area contributed by atoms with Crippen LogP contribution in [0.2, 0.25) is 0 Å². The molecule has 0 unspecified atom stereocenters. The summed E-state index contributed by atoms with van der Waals surface area (Å²) in [6.07, 6.45) is 0.132. The highest BCUT2D eigenvalue weighted by Gasteiger charge is 2.11. The number of rotatable bonds is 12. The Balaban J connectivity index is 3.08. The molecule has 0 radical (unpaired) electrons. The Labute approximate surface area is 107 Å². The van der Waals surface area contributed by atoms with Crippen molar-refractivity contribution in [2.75, 3.05) is 45.8 Å². The number of carbonyl (C=O) groups is 1. The van der Waals surface area contributed by atoms with E-state index in [0.29, 0.717) is 32.8 Å². The van der Waals surface area contributed by atoms with Crippen LogP contribution in [0.4, 0.5) is 0 Å². The first-order valence-corrected chi connectivity index (χ1v) is 7.49. The molecule has 0 aliphatic carbocycles. The van der Waals surface area contributed by atoms with Crippen LogP contribution in [0.15, 0.2) is 0 Å². The molecule has 0 bridgehead atoms. The topological polar surface area (TPSA) is 102 Å². The van der Waals surface area contributed by atoms with Crippen molar-refractivity contribution >= 4 is 13.4 Å². The van der Waals surface area contributed by atoms with Gasteiger partial charge in [-0.1, -0.05) is 0 Å². The van der Waals surface area contributed by atoms with Crippen LogP contribution in [0, 0.1) is 0 Å². The number of Topliss-reactive ketones (excluding diaryl/α,β-unsaturated/α-hetero) is 1. The molecule has 7 nitrogen and oxygen atoms in total. The summed E-state index contributed by atoms with van der Waals surface area (Å²) in [5.41, 5.74) is 0. The fourth-order valence-electron chi connectivity index (χ4n) is 0.941. The van der Waals surface area contributed by atoms with Gasteiger partial charge in [0.15, 0.2) is 0 Å². The summed E-state index contributed by atoms with van der Waals surface area (Å²) in [6.45, 7) is 3.37. The summed E-state index contributed by atoms with van der Waals surface area (Å²) in [7, 11) is -3.96. The summed E-state index contributed by atoms with van der Waals surface area (Å²) in [5, 5.41) is 0. The highest BCUT2D eigenvalue weighted by atomic mass is 31.2. The van der Waals surface area contributed by atoms with Crippen molar-refractivity contribution < 1.29 is 33.4 Å². The second kappa shape index (κ2) is 10.6. The molecular weight excluding hydrogens is 263 g/mol. The molecule has 0 aliphatic rings. The minimum Gasteiger partial charge on any atom is -0.379 e. The molecule has 0 aromatic heterocycles. The molecule has 0 heterocycles. The van der Waals surface area contributed by atoms with Crippen LogP contribution in [-0.4, -0.2) is 61.4 Å². The largest absolute Gasteiger partial charge is 0.379 e. The van der Waals surface area contributed by atoms with Gasteiger partial charge in [0.05, 0.1) is 45.8 Å². The van der Waals surface area contributed by atoms with Crippen LogP contribution < -0.4 is 0 Å². The zero-order chi connectivity index (χ0) is 13.9. The smallest absolute Gasteiger partial charge is 0.327 e. The number of ketones is 1. The fraction of sp³-hybridized carbons (Fsp3) is 0.900. The third-order valence-electron chi connectivity index (χ3n) is 1.87. The summed E-state index contributed by atoms with van der Waals surface area (Å²) < 4.78 is 25.7. The van der Waals surface area contributed by atoms with Crippen LogP contribution in [-0.2, 0) is 23.6 Å². The van der Waals surface area contributed by atoms with Gasteiger partial charge < -0.3 is 24.0 Å². The minimum atomic E-state index is -3.96. The van der Waals surface area contributed by atoms with E-state index in [1.165, 1.54) is 6.92 Å². The molecule has 0 aromatic carbocycles. The summed E-state index contributed by atoms with van der Waals surface area (Å²) in [4.78, 5) is 27.6. The number of hydrogen-bond acceptors (Lipinski definition) is 5. The molecule has 0 aromatic rings. The van der Waals surface area contributed by atoms with Gasteiger partial charge in [-0.15, -0.1) is 0 Å². The molecule has 8 heteroatoms. The highest BCUT2D eigenvalue weighted by Crippen LogP contribution is 2.33. The second-order valence-electron chi connectivity index (χ2n) is 3.68. The lowest BCUT2D eigenvalue weighted by Crippen LogP contribution is -2.11. The fourth-order valence-corrected chi connectivity index (χ4v) is 1.31. The predicted octanol–water partition coefficient (Wildman–Crippen LogP) is 0.193. The molecule has 2 N–H and O–H groups in total. The molecule has 0 atom stereocenters. The zero-order valence-corrected chi connectivity index (χ0v) is 11.4. The lowest BCUT2D eigenvalue weighted by molar-refractivity contribution is -0.118. The van der Waals surface area contributed by atoms with Crippen molar-refractivity contribution in [3.05, 3.63) is 0 Å². The molecule has 18 heavy (non-hydrogen) atoms.